The zero-order valence-corrected chi connectivity index (χ0v) is 11.7. The second kappa shape index (κ2) is 6.03. The van der Waals surface area contributed by atoms with Crippen molar-refractivity contribution in [3.05, 3.63) is 18.2 Å². The number of imidazole rings is 1. The Morgan fingerprint density at radius 3 is 3.32 bits per heavy atom. The zero-order valence-electron chi connectivity index (χ0n) is 11.7. The molecule has 3 rings (SSSR count). The number of fused-ring (bicyclic) bond motifs is 1. The summed E-state index contributed by atoms with van der Waals surface area (Å²) in [6, 6.07) is 0.698. The summed E-state index contributed by atoms with van der Waals surface area (Å²) in [7, 11) is 2.04. The van der Waals surface area contributed by atoms with Gasteiger partial charge >= 0.3 is 0 Å². The molecule has 2 saturated heterocycles. The lowest BCUT2D eigenvalue weighted by atomic mass is 10.2. The average molecular weight is 264 g/mol. The normalized spacial score (nSPS) is 27.6. The Hall–Kier alpha value is -0.910. The van der Waals surface area contributed by atoms with Crippen LogP contribution in [0.3, 0.4) is 0 Å². The smallest absolute Gasteiger partial charge is 0.109 e. The minimum Gasteiger partial charge on any atom is -0.374 e. The molecule has 2 aliphatic heterocycles. The first kappa shape index (κ1) is 13.1. The van der Waals surface area contributed by atoms with Crippen LogP contribution in [0.25, 0.3) is 0 Å². The van der Waals surface area contributed by atoms with Crippen molar-refractivity contribution in [3.8, 4) is 0 Å². The Bertz CT molecular complexity index is 406. The number of aryl methyl sites for hydroxylation is 1. The summed E-state index contributed by atoms with van der Waals surface area (Å²) >= 11 is 0. The number of aromatic nitrogens is 2. The number of hydrogen-bond donors (Lipinski definition) is 1. The van der Waals surface area contributed by atoms with E-state index >= 15 is 0 Å². The van der Waals surface area contributed by atoms with E-state index in [9.17, 15) is 0 Å². The van der Waals surface area contributed by atoms with E-state index in [2.05, 4.69) is 19.8 Å². The first-order valence-corrected chi connectivity index (χ1v) is 7.35. The van der Waals surface area contributed by atoms with Gasteiger partial charge in [0.15, 0.2) is 0 Å². The SMILES string of the molecule is Cn1ccnc1CCNCC1CN2CCCC2CO1. The topological polar surface area (TPSA) is 42.3 Å². The highest BCUT2D eigenvalue weighted by Crippen LogP contribution is 2.22. The third kappa shape index (κ3) is 3.16. The van der Waals surface area contributed by atoms with Gasteiger partial charge in [-0.3, -0.25) is 4.90 Å². The zero-order chi connectivity index (χ0) is 13.1. The van der Waals surface area contributed by atoms with Gasteiger partial charge in [0.25, 0.3) is 0 Å². The van der Waals surface area contributed by atoms with Gasteiger partial charge in [0, 0.05) is 51.5 Å². The van der Waals surface area contributed by atoms with Gasteiger partial charge in [0.1, 0.15) is 5.82 Å². The standard InChI is InChI=1S/C14H24N4O/c1-17-8-6-16-14(17)4-5-15-9-13-10-18-7-2-3-12(18)11-19-13/h6,8,12-13,15H,2-5,7,9-11H2,1H3. The van der Waals surface area contributed by atoms with Crippen LogP contribution in [0.4, 0.5) is 0 Å². The molecule has 2 fully saturated rings. The molecule has 3 heterocycles. The van der Waals surface area contributed by atoms with E-state index in [1.54, 1.807) is 0 Å². The lowest BCUT2D eigenvalue weighted by Crippen LogP contribution is -2.49. The maximum Gasteiger partial charge on any atom is 0.109 e. The molecule has 0 aliphatic carbocycles. The molecule has 0 bridgehead atoms. The highest BCUT2D eigenvalue weighted by Gasteiger charge is 2.31. The number of nitrogens with zero attached hydrogens (tertiary/aromatic N) is 3. The lowest BCUT2D eigenvalue weighted by molar-refractivity contribution is -0.0468. The molecule has 1 aromatic heterocycles. The highest BCUT2D eigenvalue weighted by atomic mass is 16.5. The molecule has 0 amide bonds. The fourth-order valence-corrected chi connectivity index (χ4v) is 3.11. The van der Waals surface area contributed by atoms with Crippen LogP contribution in [0.5, 0.6) is 0 Å². The Labute approximate surface area is 114 Å². The van der Waals surface area contributed by atoms with Crippen molar-refractivity contribution in [1.29, 1.82) is 0 Å². The van der Waals surface area contributed by atoms with Crippen molar-refractivity contribution < 1.29 is 4.74 Å². The predicted molar refractivity (Wildman–Crippen MR) is 74.1 cm³/mol. The van der Waals surface area contributed by atoms with Crippen LogP contribution >= 0.6 is 0 Å². The minimum absolute atomic E-state index is 0.357. The molecule has 1 N–H and O–H groups in total. The van der Waals surface area contributed by atoms with E-state index in [-0.39, 0.29) is 0 Å². The summed E-state index contributed by atoms with van der Waals surface area (Å²) in [4.78, 5) is 6.92. The molecule has 2 aliphatic rings. The van der Waals surface area contributed by atoms with Gasteiger partial charge in [-0.25, -0.2) is 4.98 Å². The van der Waals surface area contributed by atoms with Crippen molar-refractivity contribution in [2.45, 2.75) is 31.4 Å². The molecular formula is C14H24N4O. The molecule has 2 atom stereocenters. The molecule has 5 nitrogen and oxygen atoms in total. The number of ether oxygens (including phenoxy) is 1. The molecule has 0 radical (unpaired) electrons. The van der Waals surface area contributed by atoms with Crippen molar-refractivity contribution in [3.63, 3.8) is 0 Å². The maximum atomic E-state index is 5.93. The van der Waals surface area contributed by atoms with Gasteiger partial charge in [-0.15, -0.1) is 0 Å². The summed E-state index contributed by atoms with van der Waals surface area (Å²) in [6.45, 7) is 5.20. The van der Waals surface area contributed by atoms with Crippen molar-refractivity contribution in [2.24, 2.45) is 7.05 Å². The molecule has 1 aromatic rings. The monoisotopic (exact) mass is 264 g/mol. The summed E-state index contributed by atoms with van der Waals surface area (Å²) in [5, 5.41) is 3.50. The van der Waals surface area contributed by atoms with Gasteiger partial charge < -0.3 is 14.6 Å². The Balaban J connectivity index is 1.35. The fourth-order valence-electron chi connectivity index (χ4n) is 3.11. The van der Waals surface area contributed by atoms with E-state index in [0.29, 0.717) is 12.1 Å². The van der Waals surface area contributed by atoms with Gasteiger partial charge in [0.05, 0.1) is 12.7 Å². The third-order valence-corrected chi connectivity index (χ3v) is 4.28. The lowest BCUT2D eigenvalue weighted by Gasteiger charge is -2.35. The molecule has 19 heavy (non-hydrogen) atoms. The van der Waals surface area contributed by atoms with Gasteiger partial charge in [-0.05, 0) is 19.4 Å². The Morgan fingerprint density at radius 2 is 2.47 bits per heavy atom. The van der Waals surface area contributed by atoms with E-state index in [1.165, 1.54) is 19.4 Å². The van der Waals surface area contributed by atoms with E-state index in [4.69, 9.17) is 4.74 Å². The quantitative estimate of drug-likeness (QED) is 0.783. The van der Waals surface area contributed by atoms with Gasteiger partial charge in [-0.2, -0.15) is 0 Å². The molecule has 5 heteroatoms. The van der Waals surface area contributed by atoms with E-state index in [1.807, 2.05) is 19.4 Å². The summed E-state index contributed by atoms with van der Waals surface area (Å²) in [5.41, 5.74) is 0. The van der Waals surface area contributed by atoms with Gasteiger partial charge in [0.2, 0.25) is 0 Å². The van der Waals surface area contributed by atoms with E-state index < -0.39 is 0 Å². The molecule has 0 saturated carbocycles. The van der Waals surface area contributed by atoms with Crippen LogP contribution in [-0.4, -0.2) is 59.4 Å². The maximum absolute atomic E-state index is 5.93. The second-order valence-electron chi connectivity index (χ2n) is 5.65. The van der Waals surface area contributed by atoms with Crippen LogP contribution in [0.2, 0.25) is 0 Å². The largest absolute Gasteiger partial charge is 0.374 e. The predicted octanol–water partition coefficient (Wildman–Crippen LogP) is 0.415. The summed E-state index contributed by atoms with van der Waals surface area (Å²) in [5.74, 6) is 1.14. The molecule has 0 spiro atoms. The van der Waals surface area contributed by atoms with Crippen molar-refractivity contribution >= 4 is 0 Å². The average Bonchev–Trinajstić information content (AvgIpc) is 3.03. The summed E-state index contributed by atoms with van der Waals surface area (Å²) < 4.78 is 8.00. The highest BCUT2D eigenvalue weighted by molar-refractivity contribution is 4.92. The Morgan fingerprint density at radius 1 is 1.53 bits per heavy atom. The third-order valence-electron chi connectivity index (χ3n) is 4.28. The van der Waals surface area contributed by atoms with E-state index in [0.717, 1.165) is 38.5 Å². The summed E-state index contributed by atoms with van der Waals surface area (Å²) in [6.07, 6.45) is 7.84. The Kier molecular flexibility index (Phi) is 4.15. The van der Waals surface area contributed by atoms with Crippen LogP contribution in [0.1, 0.15) is 18.7 Å². The van der Waals surface area contributed by atoms with Gasteiger partial charge in [-0.1, -0.05) is 0 Å². The first-order chi connectivity index (χ1) is 9.33. The number of hydrogen-bond acceptors (Lipinski definition) is 4. The molecular weight excluding hydrogens is 240 g/mol. The van der Waals surface area contributed by atoms with Crippen LogP contribution in [0, 0.1) is 0 Å². The molecule has 2 unspecified atom stereocenters. The molecule has 106 valence electrons. The number of nitrogens with one attached hydrogen (secondary N) is 1. The number of morpholine rings is 1. The van der Waals surface area contributed by atoms with Crippen LogP contribution in [-0.2, 0) is 18.2 Å². The van der Waals surface area contributed by atoms with Crippen LogP contribution < -0.4 is 5.32 Å². The number of rotatable bonds is 5. The second-order valence-corrected chi connectivity index (χ2v) is 5.65. The van der Waals surface area contributed by atoms with Crippen molar-refractivity contribution in [1.82, 2.24) is 19.8 Å². The minimum atomic E-state index is 0.357. The fraction of sp³-hybridized carbons (Fsp3) is 0.786. The first-order valence-electron chi connectivity index (χ1n) is 7.35. The van der Waals surface area contributed by atoms with Crippen LogP contribution in [0.15, 0.2) is 12.4 Å². The molecule has 0 aromatic carbocycles. The van der Waals surface area contributed by atoms with Crippen molar-refractivity contribution in [2.75, 3.05) is 32.8 Å².